The summed E-state index contributed by atoms with van der Waals surface area (Å²) in [7, 11) is 1.72. The Morgan fingerprint density at radius 1 is 0.400 bits per heavy atom. The van der Waals surface area contributed by atoms with Crippen molar-refractivity contribution in [3.05, 3.63) is 231 Å². The van der Waals surface area contributed by atoms with Crippen molar-refractivity contribution in [2.75, 3.05) is 40.5 Å². The van der Waals surface area contributed by atoms with Crippen LogP contribution in [-0.4, -0.2) is 40.5 Å². The lowest BCUT2D eigenvalue weighted by Crippen LogP contribution is -2.22. The maximum atomic E-state index is 14.9. The number of hydrogen-bond donors (Lipinski definition) is 0. The van der Waals surface area contributed by atoms with E-state index in [-0.39, 0.29) is 71.0 Å². The third-order valence-electron chi connectivity index (χ3n) is 19.6. The Hall–Kier alpha value is -5.59. The van der Waals surface area contributed by atoms with Gasteiger partial charge in [0, 0.05) is 18.4 Å². The van der Waals surface area contributed by atoms with Crippen LogP contribution in [0.2, 0.25) is 0 Å². The maximum absolute atomic E-state index is 14.9. The Balaban J connectivity index is 0.000000880. The van der Waals surface area contributed by atoms with Crippen LogP contribution in [0.15, 0.2) is 164 Å². The summed E-state index contributed by atoms with van der Waals surface area (Å²) >= 11 is 0. The van der Waals surface area contributed by atoms with Gasteiger partial charge < -0.3 is 4.74 Å². The number of halogens is 5. The van der Waals surface area contributed by atoms with Gasteiger partial charge in [0.15, 0.2) is 0 Å². The fraction of sp³-hybridized carbons (Fsp3) is 0.524. The van der Waals surface area contributed by atoms with Crippen LogP contribution in [0.4, 0.5) is 22.0 Å². The molecule has 6 heteroatoms. The molecular formula is C84H117F5O. The molecule has 0 fully saturated rings. The van der Waals surface area contributed by atoms with Crippen molar-refractivity contribution in [2.45, 2.75) is 244 Å². The monoisotopic (exact) mass is 1240 g/mol. The molecule has 0 amide bonds. The average Bonchev–Trinajstić information content (AvgIpc) is 1.35. The van der Waals surface area contributed by atoms with E-state index in [0.29, 0.717) is 25.2 Å². The van der Waals surface area contributed by atoms with Gasteiger partial charge in [0.05, 0.1) is 39.0 Å². The Labute approximate surface area is 545 Å². The largest absolute Gasteiger partial charge is 0.374 e. The zero-order valence-corrected chi connectivity index (χ0v) is 58.8. The molecule has 0 saturated carbocycles. The normalized spacial score (nSPS) is 13.8. The van der Waals surface area contributed by atoms with E-state index in [4.69, 9.17) is 4.74 Å². The second-order valence-corrected chi connectivity index (χ2v) is 30.1. The molecule has 0 aliphatic carbocycles. The number of ether oxygens (including phenoxy) is 1. The quantitative estimate of drug-likeness (QED) is 0.0295. The molecule has 4 atom stereocenters. The first-order chi connectivity index (χ1) is 42.3. The molecule has 4 unspecified atom stereocenters. The van der Waals surface area contributed by atoms with E-state index in [1.165, 1.54) is 39.0 Å². The molecule has 494 valence electrons. The summed E-state index contributed by atoms with van der Waals surface area (Å²) in [6.45, 7) is 39.4. The number of methoxy groups -OCH3 is 1. The second kappa shape index (κ2) is 35.4. The van der Waals surface area contributed by atoms with Crippen LogP contribution in [0.25, 0.3) is 6.08 Å². The molecular weight excluding hydrogens is 1120 g/mol. The molecule has 6 aromatic rings. The first-order valence-electron chi connectivity index (χ1n) is 33.6. The highest BCUT2D eigenvalue weighted by molar-refractivity contribution is 5.48. The van der Waals surface area contributed by atoms with Crippen molar-refractivity contribution in [2.24, 2.45) is 0 Å². The number of alkyl halides is 5. The maximum Gasteiger partial charge on any atom is 0.0985 e. The van der Waals surface area contributed by atoms with Crippen molar-refractivity contribution >= 4 is 6.08 Å². The van der Waals surface area contributed by atoms with Gasteiger partial charge in [0.2, 0.25) is 0 Å². The highest BCUT2D eigenvalue weighted by Crippen LogP contribution is 2.42. The minimum absolute atomic E-state index is 0.0860. The minimum Gasteiger partial charge on any atom is -0.374 e. The van der Waals surface area contributed by atoms with Crippen molar-refractivity contribution in [1.29, 1.82) is 0 Å². The van der Waals surface area contributed by atoms with Gasteiger partial charge in [-0.3, -0.25) is 22.0 Å². The Morgan fingerprint density at radius 2 is 0.711 bits per heavy atom. The van der Waals surface area contributed by atoms with Gasteiger partial charge in [0.1, 0.15) is 0 Å². The lowest BCUT2D eigenvalue weighted by Gasteiger charge is -2.31. The Bertz CT molecular complexity index is 2990. The van der Waals surface area contributed by atoms with E-state index >= 15 is 0 Å². The van der Waals surface area contributed by atoms with Gasteiger partial charge in [-0.15, -0.1) is 6.58 Å². The Kier molecular flexibility index (Phi) is 30.3. The van der Waals surface area contributed by atoms with Crippen LogP contribution < -0.4 is 0 Å². The molecule has 0 N–H and O–H groups in total. The van der Waals surface area contributed by atoms with E-state index in [0.717, 1.165) is 84.7 Å². The number of allylic oxidation sites excluding steroid dienone is 1. The molecule has 6 rings (SSSR count). The smallest absolute Gasteiger partial charge is 0.0985 e. The molecule has 1 nitrogen and oxygen atoms in total. The number of rotatable bonds is 33. The standard InChI is InChI=1S/C68H93F5.C12H16O.C4H8/c1-49(2)50-16-26-62(27-17-50)67(9,10)46-58(47-72)56-24-32-60(33-25-56)64(3,4)40-36-51(14-13-15-52(38-43-69)54-22-34-63(35-23-54)68(11,12)48-73)53-18-28-59(29-19-53)65(5,6)41-37-57(39-44-70)55-20-30-61(31-21-55)66(7,8)42-45-71;1-5-10-6-8-11(9-7-10)12(2,3)13-4;1-4(2)3/h16-35,49,51-52,57-58H,13-15,36-48H2,1-12H3;5-9H,1H2,2-4H3;1H2,2-3H3. The number of hydrogen-bond acceptors (Lipinski definition) is 1. The summed E-state index contributed by atoms with van der Waals surface area (Å²) in [4.78, 5) is 0. The van der Waals surface area contributed by atoms with E-state index in [9.17, 15) is 22.0 Å². The van der Waals surface area contributed by atoms with Crippen LogP contribution in [0.5, 0.6) is 0 Å². The van der Waals surface area contributed by atoms with Crippen molar-refractivity contribution < 1.29 is 26.7 Å². The molecule has 0 aromatic heterocycles. The van der Waals surface area contributed by atoms with E-state index in [1.54, 1.807) is 7.11 Å². The van der Waals surface area contributed by atoms with Crippen molar-refractivity contribution in [3.63, 3.8) is 0 Å². The molecule has 0 bridgehead atoms. The first kappa shape index (κ1) is 76.9. The van der Waals surface area contributed by atoms with E-state index in [1.807, 2.05) is 58.0 Å². The number of benzene rings is 6. The lowest BCUT2D eigenvalue weighted by molar-refractivity contribution is 0.0192. The highest BCUT2D eigenvalue weighted by Gasteiger charge is 2.30. The highest BCUT2D eigenvalue weighted by atomic mass is 19.1. The third kappa shape index (κ3) is 23.2. The molecule has 0 saturated heterocycles. The van der Waals surface area contributed by atoms with Gasteiger partial charge in [-0.05, 0) is 204 Å². The van der Waals surface area contributed by atoms with Gasteiger partial charge >= 0.3 is 0 Å². The summed E-state index contributed by atoms with van der Waals surface area (Å²) in [5.74, 6) is 0.742. The fourth-order valence-electron chi connectivity index (χ4n) is 12.4. The SMILES string of the molecule is C=C(C)C.C=Cc1ccc(C(C)(C)OC)cc1.CC(C)c1ccc(C(C)(C)CC(CF)c2ccc(C(C)(C)CCC(CCCC(CCF)c3ccc(C(C)(C)CF)cc3)c3ccc(C(C)(C)CCC(CCF)c4ccc(C(C)(C)CCF)cc4)cc3)cc2)cc1. The van der Waals surface area contributed by atoms with Crippen molar-refractivity contribution in [1.82, 2.24) is 0 Å². The average molecular weight is 1240 g/mol. The van der Waals surface area contributed by atoms with Gasteiger partial charge in [-0.2, -0.15) is 0 Å². The van der Waals surface area contributed by atoms with E-state index < -0.39 is 18.8 Å². The van der Waals surface area contributed by atoms with Gasteiger partial charge in [-0.1, -0.05) is 253 Å². The summed E-state index contributed by atoms with van der Waals surface area (Å²) in [5.41, 5.74) is 13.8. The van der Waals surface area contributed by atoms with Crippen LogP contribution in [0.1, 0.15) is 278 Å². The first-order valence-corrected chi connectivity index (χ1v) is 33.6. The summed E-state index contributed by atoms with van der Waals surface area (Å²) in [5, 5.41) is 0. The lowest BCUT2D eigenvalue weighted by atomic mass is 9.73. The molecule has 0 radical (unpaired) electrons. The molecule has 0 aliphatic heterocycles. The summed E-state index contributed by atoms with van der Waals surface area (Å²) < 4.78 is 75.5. The van der Waals surface area contributed by atoms with E-state index in [2.05, 4.69) is 218 Å². The fourth-order valence-corrected chi connectivity index (χ4v) is 12.4. The molecule has 0 heterocycles. The van der Waals surface area contributed by atoms with Crippen LogP contribution in [0.3, 0.4) is 0 Å². The molecule has 90 heavy (non-hydrogen) atoms. The second-order valence-electron chi connectivity index (χ2n) is 30.1. The predicted molar refractivity (Wildman–Crippen MR) is 380 cm³/mol. The molecule has 6 aromatic carbocycles. The van der Waals surface area contributed by atoms with Crippen LogP contribution in [-0.2, 0) is 37.4 Å². The minimum atomic E-state index is -0.558. The predicted octanol–water partition coefficient (Wildman–Crippen LogP) is 25.3. The van der Waals surface area contributed by atoms with Crippen LogP contribution >= 0.6 is 0 Å². The topological polar surface area (TPSA) is 9.23 Å². The summed E-state index contributed by atoms with van der Waals surface area (Å²) in [6, 6.07) is 51.7. The molecule has 0 aliphatic rings. The third-order valence-corrected chi connectivity index (χ3v) is 19.6. The zero-order chi connectivity index (χ0) is 67.1. The summed E-state index contributed by atoms with van der Waals surface area (Å²) in [6.07, 6.45) is 10.5. The van der Waals surface area contributed by atoms with Crippen molar-refractivity contribution in [3.8, 4) is 0 Å². The van der Waals surface area contributed by atoms with Crippen LogP contribution in [0, 0.1) is 0 Å². The Morgan fingerprint density at radius 3 is 1.03 bits per heavy atom. The zero-order valence-electron chi connectivity index (χ0n) is 58.8. The van der Waals surface area contributed by atoms with Gasteiger partial charge in [-0.25, -0.2) is 0 Å². The molecule has 0 spiro atoms. The van der Waals surface area contributed by atoms with Gasteiger partial charge in [0.25, 0.3) is 0 Å².